The van der Waals surface area contributed by atoms with E-state index in [4.69, 9.17) is 0 Å². The summed E-state index contributed by atoms with van der Waals surface area (Å²) in [4.78, 5) is 12.2. The van der Waals surface area contributed by atoms with Crippen LogP contribution in [0.3, 0.4) is 0 Å². The Balaban J connectivity index is 1.64. The zero-order valence-electron chi connectivity index (χ0n) is 12.6. The number of aromatic nitrogens is 3. The minimum atomic E-state index is -0.253. The zero-order chi connectivity index (χ0) is 15.7. The fourth-order valence-corrected chi connectivity index (χ4v) is 2.93. The maximum atomic E-state index is 12.2. The number of carbonyl (C=O) groups is 1. The fourth-order valence-electron chi connectivity index (χ4n) is 2.93. The molecule has 1 aliphatic rings. The van der Waals surface area contributed by atoms with Gasteiger partial charge in [-0.2, -0.15) is 0 Å². The summed E-state index contributed by atoms with van der Waals surface area (Å²) < 4.78 is 1.77. The zero-order valence-corrected chi connectivity index (χ0v) is 12.6. The van der Waals surface area contributed by atoms with Crippen molar-refractivity contribution < 1.29 is 9.90 Å². The topological polar surface area (TPSA) is 92.1 Å². The summed E-state index contributed by atoms with van der Waals surface area (Å²) >= 11 is 0. The monoisotopic (exact) mass is 301 g/mol. The van der Waals surface area contributed by atoms with E-state index in [0.717, 1.165) is 24.0 Å². The summed E-state index contributed by atoms with van der Waals surface area (Å²) in [5, 5.41) is 23.4. The molecule has 116 valence electrons. The van der Waals surface area contributed by atoms with Gasteiger partial charge in [-0.3, -0.25) is 0 Å². The number of benzene rings is 1. The summed E-state index contributed by atoms with van der Waals surface area (Å²) in [5.74, 6) is 0.995. The number of nitrogens with one attached hydrogen (secondary N) is 2. The van der Waals surface area contributed by atoms with Gasteiger partial charge in [0, 0.05) is 7.05 Å². The van der Waals surface area contributed by atoms with E-state index in [1.165, 1.54) is 0 Å². The molecule has 2 aromatic rings. The van der Waals surface area contributed by atoms with Crippen molar-refractivity contribution in [3.63, 3.8) is 0 Å². The first-order valence-electron chi connectivity index (χ1n) is 7.28. The van der Waals surface area contributed by atoms with E-state index >= 15 is 0 Å². The normalized spacial score (nSPS) is 17.8. The summed E-state index contributed by atoms with van der Waals surface area (Å²) in [6.07, 6.45) is 3.16. The average molecular weight is 301 g/mol. The Kier molecular flexibility index (Phi) is 3.70. The van der Waals surface area contributed by atoms with Crippen LogP contribution in [0.1, 0.15) is 42.4 Å². The van der Waals surface area contributed by atoms with Gasteiger partial charge in [0.05, 0.1) is 12.1 Å². The van der Waals surface area contributed by atoms with Crippen molar-refractivity contribution in [2.75, 3.05) is 0 Å². The molecule has 1 aliphatic carbocycles. The second-order valence-corrected chi connectivity index (χ2v) is 5.58. The minimum Gasteiger partial charge on any atom is -0.508 e. The first-order chi connectivity index (χ1) is 10.6. The Morgan fingerprint density at radius 1 is 1.50 bits per heavy atom. The van der Waals surface area contributed by atoms with Crippen molar-refractivity contribution in [1.29, 1.82) is 0 Å². The van der Waals surface area contributed by atoms with Gasteiger partial charge in [-0.15, -0.1) is 10.2 Å². The predicted octanol–water partition coefficient (Wildman–Crippen LogP) is 1.57. The number of urea groups is 1. The van der Waals surface area contributed by atoms with Crippen molar-refractivity contribution in [2.24, 2.45) is 7.05 Å². The predicted molar refractivity (Wildman–Crippen MR) is 80.3 cm³/mol. The van der Waals surface area contributed by atoms with Gasteiger partial charge >= 0.3 is 6.03 Å². The van der Waals surface area contributed by atoms with Crippen LogP contribution in [0.4, 0.5) is 4.79 Å². The molecule has 2 unspecified atom stereocenters. The largest absolute Gasteiger partial charge is 0.508 e. The molecule has 0 fully saturated rings. The van der Waals surface area contributed by atoms with Crippen LogP contribution in [-0.4, -0.2) is 25.9 Å². The highest BCUT2D eigenvalue weighted by Crippen LogP contribution is 2.36. The Labute approximate surface area is 128 Å². The molecular weight excluding hydrogens is 282 g/mol. The lowest BCUT2D eigenvalue weighted by Gasteiger charge is -2.18. The molecule has 7 nitrogen and oxygen atoms in total. The molecule has 3 N–H and O–H groups in total. The molecule has 2 atom stereocenters. The lowest BCUT2D eigenvalue weighted by molar-refractivity contribution is 0.233. The van der Waals surface area contributed by atoms with Crippen molar-refractivity contribution >= 4 is 6.03 Å². The molecular formula is C15H19N5O2. The third kappa shape index (κ3) is 2.61. The first-order valence-corrected chi connectivity index (χ1v) is 7.28. The van der Waals surface area contributed by atoms with Crippen LogP contribution in [0.2, 0.25) is 0 Å². The number of amides is 2. The van der Waals surface area contributed by atoms with Gasteiger partial charge in [0.15, 0.2) is 5.82 Å². The third-order valence-electron chi connectivity index (χ3n) is 4.03. The molecule has 0 saturated heterocycles. The van der Waals surface area contributed by atoms with Gasteiger partial charge in [-0.1, -0.05) is 12.1 Å². The van der Waals surface area contributed by atoms with Crippen molar-refractivity contribution in [3.05, 3.63) is 41.5 Å². The van der Waals surface area contributed by atoms with Crippen LogP contribution in [-0.2, 0) is 13.5 Å². The van der Waals surface area contributed by atoms with Gasteiger partial charge in [0.25, 0.3) is 0 Å². The van der Waals surface area contributed by atoms with E-state index in [0.29, 0.717) is 11.6 Å². The Morgan fingerprint density at radius 2 is 2.32 bits per heavy atom. The van der Waals surface area contributed by atoms with Crippen LogP contribution < -0.4 is 10.6 Å². The fraction of sp³-hybridized carbons (Fsp3) is 0.400. The number of carbonyl (C=O) groups excluding carboxylic acids is 1. The minimum absolute atomic E-state index is 0.0752. The number of phenols is 1. The second-order valence-electron chi connectivity index (χ2n) is 5.58. The van der Waals surface area contributed by atoms with Gasteiger partial charge in [0.1, 0.15) is 12.1 Å². The number of hydrogen-bond donors (Lipinski definition) is 3. The SMILES string of the molecule is CC(NC(=O)NC1CCc2c(O)cccc21)c1nncn1C. The molecule has 1 aromatic heterocycles. The van der Waals surface area contributed by atoms with E-state index in [9.17, 15) is 9.90 Å². The molecule has 7 heteroatoms. The summed E-state index contributed by atoms with van der Waals surface area (Å²) in [6, 6.07) is 4.85. The molecule has 2 amide bonds. The lowest BCUT2D eigenvalue weighted by Crippen LogP contribution is -2.39. The first kappa shape index (κ1) is 14.4. The number of aromatic hydroxyl groups is 1. The number of rotatable bonds is 3. The van der Waals surface area contributed by atoms with E-state index in [-0.39, 0.29) is 18.1 Å². The molecule has 0 bridgehead atoms. The molecule has 0 aliphatic heterocycles. The van der Waals surface area contributed by atoms with Crippen molar-refractivity contribution in [1.82, 2.24) is 25.4 Å². The summed E-state index contributed by atoms with van der Waals surface area (Å²) in [7, 11) is 1.83. The van der Waals surface area contributed by atoms with Crippen molar-refractivity contribution in [3.8, 4) is 5.75 Å². The molecule has 3 rings (SSSR count). The standard InChI is InChI=1S/C15H19N5O2/c1-9(14-19-16-8-20(14)2)17-15(22)18-12-7-6-11-10(12)4-3-5-13(11)21/h3-5,8-9,12,21H,6-7H2,1-2H3,(H2,17,18,22). The maximum absolute atomic E-state index is 12.2. The van der Waals surface area contributed by atoms with E-state index in [1.54, 1.807) is 23.0 Å². The van der Waals surface area contributed by atoms with Crippen LogP contribution in [0.15, 0.2) is 24.5 Å². The average Bonchev–Trinajstić information content (AvgIpc) is 3.06. The highest BCUT2D eigenvalue weighted by atomic mass is 16.3. The van der Waals surface area contributed by atoms with Crippen LogP contribution >= 0.6 is 0 Å². The molecule has 0 saturated carbocycles. The quantitative estimate of drug-likeness (QED) is 0.802. The van der Waals surface area contributed by atoms with Gasteiger partial charge < -0.3 is 20.3 Å². The number of hydrogen-bond acceptors (Lipinski definition) is 4. The highest BCUT2D eigenvalue weighted by Gasteiger charge is 2.26. The van der Waals surface area contributed by atoms with Crippen molar-refractivity contribution in [2.45, 2.75) is 31.8 Å². The maximum Gasteiger partial charge on any atom is 0.315 e. The Hall–Kier alpha value is -2.57. The lowest BCUT2D eigenvalue weighted by atomic mass is 10.1. The van der Waals surface area contributed by atoms with E-state index < -0.39 is 0 Å². The molecule has 22 heavy (non-hydrogen) atoms. The number of fused-ring (bicyclic) bond motifs is 1. The molecule has 1 aromatic carbocycles. The third-order valence-corrected chi connectivity index (χ3v) is 4.03. The van der Waals surface area contributed by atoms with Gasteiger partial charge in [0.2, 0.25) is 0 Å². The number of phenolic OH excluding ortho intramolecular Hbond substituents is 1. The van der Waals surface area contributed by atoms with Gasteiger partial charge in [-0.25, -0.2) is 4.79 Å². The summed E-state index contributed by atoms with van der Waals surface area (Å²) in [5.41, 5.74) is 1.91. The Morgan fingerprint density at radius 3 is 3.05 bits per heavy atom. The van der Waals surface area contributed by atoms with E-state index in [1.807, 2.05) is 20.0 Å². The van der Waals surface area contributed by atoms with Crippen LogP contribution in [0, 0.1) is 0 Å². The van der Waals surface area contributed by atoms with Crippen LogP contribution in [0.5, 0.6) is 5.75 Å². The van der Waals surface area contributed by atoms with E-state index in [2.05, 4.69) is 20.8 Å². The van der Waals surface area contributed by atoms with Crippen LogP contribution in [0.25, 0.3) is 0 Å². The summed E-state index contributed by atoms with van der Waals surface area (Å²) in [6.45, 7) is 1.86. The van der Waals surface area contributed by atoms with Gasteiger partial charge in [-0.05, 0) is 37.0 Å². The molecule has 0 spiro atoms. The second kappa shape index (κ2) is 5.67. The smallest absolute Gasteiger partial charge is 0.315 e. The Bertz CT molecular complexity index is 697. The number of nitrogens with zero attached hydrogens (tertiary/aromatic N) is 3. The molecule has 0 radical (unpaired) electrons. The highest BCUT2D eigenvalue weighted by molar-refractivity contribution is 5.75. The molecule has 1 heterocycles. The number of aryl methyl sites for hydroxylation is 1.